The standard InChI is InChI=1S/C25H36Cl2N4O6/c1-6-12(2)17(30-23(36)37-24(3,4)5)22(35)31-11-14-16(25(14,26)27)18(31)21(34)29-15(19(32)20(28)33)10-13-8-7-9-13/h6,13-18H,7-11H2,1-5H3,(H2,28,33)(H,29,34)(H,30,36)/b12-6+/t14-,15?,16-,17?,18-/m0/s1. The largest absolute Gasteiger partial charge is 0.444 e. The predicted molar refractivity (Wildman–Crippen MR) is 138 cm³/mol. The number of amides is 4. The Hall–Kier alpha value is -2.33. The van der Waals surface area contributed by atoms with Crippen LogP contribution in [0.5, 0.6) is 0 Å². The zero-order valence-electron chi connectivity index (χ0n) is 21.8. The summed E-state index contributed by atoms with van der Waals surface area (Å²) in [5.41, 5.74) is 5.00. The van der Waals surface area contributed by atoms with E-state index in [-0.39, 0.29) is 24.8 Å². The molecule has 0 spiro atoms. The number of alkyl carbamates (subject to hydrolysis) is 1. The number of hydrogen-bond acceptors (Lipinski definition) is 6. The Morgan fingerprint density at radius 2 is 1.78 bits per heavy atom. The van der Waals surface area contributed by atoms with Crippen molar-refractivity contribution in [2.75, 3.05) is 6.54 Å². The van der Waals surface area contributed by atoms with Gasteiger partial charge in [0.25, 0.3) is 5.91 Å². The van der Waals surface area contributed by atoms with Crippen LogP contribution in [0.3, 0.4) is 0 Å². The number of nitrogens with zero attached hydrogens (tertiary/aromatic N) is 1. The van der Waals surface area contributed by atoms with E-state index < -0.39 is 63.6 Å². The first-order valence-corrected chi connectivity index (χ1v) is 13.3. The van der Waals surface area contributed by atoms with Crippen LogP contribution in [0.15, 0.2) is 11.6 Å². The summed E-state index contributed by atoms with van der Waals surface area (Å²) in [5.74, 6) is -3.93. The maximum Gasteiger partial charge on any atom is 0.408 e. The Morgan fingerprint density at radius 3 is 2.27 bits per heavy atom. The SMILES string of the molecule is C/C=C(\C)C(NC(=O)OC(C)(C)C)C(=O)N1C[C@H]2[C@@H]([C@H]1C(=O)NC(CC1CCC1)C(=O)C(N)=O)C2(Cl)Cl. The molecule has 10 nitrogen and oxygen atoms in total. The molecule has 206 valence electrons. The highest BCUT2D eigenvalue weighted by atomic mass is 35.5. The summed E-state index contributed by atoms with van der Waals surface area (Å²) in [6.45, 7) is 8.60. The number of nitrogens with one attached hydrogen (secondary N) is 2. The molecular weight excluding hydrogens is 523 g/mol. The second-order valence-corrected chi connectivity index (χ2v) is 12.6. The number of fused-ring (bicyclic) bond motifs is 1. The van der Waals surface area contributed by atoms with Crippen molar-refractivity contribution in [1.82, 2.24) is 15.5 Å². The summed E-state index contributed by atoms with van der Waals surface area (Å²) >= 11 is 12.8. The van der Waals surface area contributed by atoms with Gasteiger partial charge in [-0.15, -0.1) is 23.2 Å². The highest BCUT2D eigenvalue weighted by Gasteiger charge is 2.74. The van der Waals surface area contributed by atoms with Gasteiger partial charge in [-0.1, -0.05) is 25.3 Å². The highest BCUT2D eigenvalue weighted by Crippen LogP contribution is 2.65. The number of ketones is 1. The molecule has 1 aliphatic heterocycles. The van der Waals surface area contributed by atoms with Gasteiger partial charge in [-0.3, -0.25) is 19.2 Å². The minimum Gasteiger partial charge on any atom is -0.444 e. The number of carbonyl (C=O) groups excluding carboxylic acids is 5. The van der Waals surface area contributed by atoms with E-state index in [0.717, 1.165) is 19.3 Å². The molecule has 5 atom stereocenters. The van der Waals surface area contributed by atoms with Crippen LogP contribution in [0.4, 0.5) is 4.79 Å². The number of primary amides is 1. The summed E-state index contributed by atoms with van der Waals surface area (Å²) in [4.78, 5) is 65.2. The minimum absolute atomic E-state index is 0.0924. The van der Waals surface area contributed by atoms with E-state index in [4.69, 9.17) is 33.7 Å². The Labute approximate surface area is 227 Å². The summed E-state index contributed by atoms with van der Waals surface area (Å²) in [7, 11) is 0. The zero-order chi connectivity index (χ0) is 27.9. The lowest BCUT2D eigenvalue weighted by molar-refractivity contribution is -0.143. The second-order valence-electron chi connectivity index (χ2n) is 11.2. The van der Waals surface area contributed by atoms with Crippen LogP contribution < -0.4 is 16.4 Å². The Kier molecular flexibility index (Phi) is 8.54. The monoisotopic (exact) mass is 558 g/mol. The first-order chi connectivity index (χ1) is 17.1. The fourth-order valence-electron chi connectivity index (χ4n) is 4.98. The van der Waals surface area contributed by atoms with Crippen LogP contribution in [-0.4, -0.2) is 69.1 Å². The van der Waals surface area contributed by atoms with Gasteiger partial charge in [0, 0.05) is 18.4 Å². The number of likely N-dealkylation sites (tertiary alicyclic amines) is 1. The lowest BCUT2D eigenvalue weighted by Gasteiger charge is -2.34. The van der Waals surface area contributed by atoms with Gasteiger partial charge in [-0.05, 0) is 52.5 Å². The van der Waals surface area contributed by atoms with E-state index in [1.165, 1.54) is 4.90 Å². The number of carbonyl (C=O) groups is 5. The van der Waals surface area contributed by atoms with Gasteiger partial charge in [-0.2, -0.15) is 0 Å². The van der Waals surface area contributed by atoms with Gasteiger partial charge in [0.15, 0.2) is 0 Å². The maximum atomic E-state index is 13.7. The molecule has 0 aromatic rings. The van der Waals surface area contributed by atoms with E-state index in [0.29, 0.717) is 5.57 Å². The molecule has 0 aromatic carbocycles. The molecule has 2 aliphatic carbocycles. The third-order valence-corrected chi connectivity index (χ3v) is 8.44. The molecule has 3 fully saturated rings. The summed E-state index contributed by atoms with van der Waals surface area (Å²) in [6.07, 6.45) is 3.99. The number of halogens is 2. The first kappa shape index (κ1) is 29.2. The Balaban J connectivity index is 1.83. The smallest absolute Gasteiger partial charge is 0.408 e. The molecule has 4 amide bonds. The molecule has 1 heterocycles. The predicted octanol–water partition coefficient (Wildman–Crippen LogP) is 2.21. The average Bonchev–Trinajstić information content (AvgIpc) is 3.09. The number of hydrogen-bond donors (Lipinski definition) is 3. The van der Waals surface area contributed by atoms with Crippen LogP contribution >= 0.6 is 23.2 Å². The van der Waals surface area contributed by atoms with Gasteiger partial charge < -0.3 is 26.0 Å². The first-order valence-electron chi connectivity index (χ1n) is 12.5. The van der Waals surface area contributed by atoms with Crippen molar-refractivity contribution in [2.24, 2.45) is 23.5 Å². The van der Waals surface area contributed by atoms with Crippen molar-refractivity contribution in [3.63, 3.8) is 0 Å². The molecule has 3 rings (SSSR count). The van der Waals surface area contributed by atoms with Crippen LogP contribution in [0, 0.1) is 17.8 Å². The third kappa shape index (κ3) is 6.39. The molecular formula is C25H36Cl2N4O6. The third-order valence-electron chi connectivity index (χ3n) is 7.37. The minimum atomic E-state index is -1.21. The molecule has 12 heteroatoms. The van der Waals surface area contributed by atoms with Gasteiger partial charge in [-0.25, -0.2) is 4.79 Å². The lowest BCUT2D eigenvalue weighted by atomic mass is 9.80. The van der Waals surface area contributed by atoms with Crippen LogP contribution in [0.25, 0.3) is 0 Å². The van der Waals surface area contributed by atoms with Crippen LogP contribution in [0.1, 0.15) is 60.3 Å². The van der Waals surface area contributed by atoms with Crippen molar-refractivity contribution in [2.45, 2.75) is 88.4 Å². The normalized spacial score (nSPS) is 26.3. The number of nitrogens with two attached hydrogens (primary N) is 1. The van der Waals surface area contributed by atoms with E-state index in [1.807, 2.05) is 0 Å². The van der Waals surface area contributed by atoms with Crippen LogP contribution in [0.2, 0.25) is 0 Å². The van der Waals surface area contributed by atoms with Gasteiger partial charge in [0.2, 0.25) is 17.6 Å². The maximum absolute atomic E-state index is 13.7. The van der Waals surface area contributed by atoms with Crippen molar-refractivity contribution >= 4 is 52.8 Å². The van der Waals surface area contributed by atoms with Gasteiger partial charge in [0.1, 0.15) is 22.0 Å². The number of allylic oxidation sites excluding steroid dienone is 1. The second kappa shape index (κ2) is 10.8. The van der Waals surface area contributed by atoms with E-state index >= 15 is 0 Å². The zero-order valence-corrected chi connectivity index (χ0v) is 23.3. The number of piperidine rings is 1. The fourth-order valence-corrected chi connectivity index (χ4v) is 5.81. The summed E-state index contributed by atoms with van der Waals surface area (Å²) in [5, 5.41) is 5.24. The van der Waals surface area contributed by atoms with E-state index in [1.54, 1.807) is 40.7 Å². The fraction of sp³-hybridized carbons (Fsp3) is 0.720. The number of rotatable bonds is 9. The van der Waals surface area contributed by atoms with Gasteiger partial charge >= 0.3 is 6.09 Å². The molecule has 0 radical (unpaired) electrons. The van der Waals surface area contributed by atoms with Crippen molar-refractivity contribution in [3.8, 4) is 0 Å². The lowest BCUT2D eigenvalue weighted by Crippen LogP contribution is -2.58. The number of ether oxygens (including phenoxy) is 1. The van der Waals surface area contributed by atoms with Crippen molar-refractivity contribution < 1.29 is 28.7 Å². The molecule has 3 aliphatic rings. The highest BCUT2D eigenvalue weighted by molar-refractivity contribution is 6.51. The van der Waals surface area contributed by atoms with Crippen LogP contribution in [-0.2, 0) is 23.9 Å². The van der Waals surface area contributed by atoms with E-state index in [9.17, 15) is 24.0 Å². The molecule has 2 unspecified atom stereocenters. The van der Waals surface area contributed by atoms with Crippen molar-refractivity contribution in [1.29, 1.82) is 0 Å². The molecule has 0 bridgehead atoms. The van der Waals surface area contributed by atoms with Gasteiger partial charge in [0.05, 0.1) is 6.04 Å². The Bertz CT molecular complexity index is 1000. The average molecular weight is 559 g/mol. The molecule has 0 aromatic heterocycles. The quantitative estimate of drug-likeness (QED) is 0.224. The number of Topliss-reactive ketones (excluding diaryl/α,β-unsaturated/α-hetero) is 1. The van der Waals surface area contributed by atoms with E-state index in [2.05, 4.69) is 10.6 Å². The molecule has 37 heavy (non-hydrogen) atoms. The molecule has 1 saturated heterocycles. The Morgan fingerprint density at radius 1 is 1.16 bits per heavy atom. The molecule has 4 N–H and O–H groups in total. The summed E-state index contributed by atoms with van der Waals surface area (Å²) in [6, 6.07) is -3.28. The number of alkyl halides is 2. The summed E-state index contributed by atoms with van der Waals surface area (Å²) < 4.78 is 4.11. The van der Waals surface area contributed by atoms with Crippen molar-refractivity contribution in [3.05, 3.63) is 11.6 Å². The molecule has 2 saturated carbocycles. The topological polar surface area (TPSA) is 148 Å².